The van der Waals surface area contributed by atoms with Gasteiger partial charge >= 0.3 is 6.03 Å². The van der Waals surface area contributed by atoms with Gasteiger partial charge in [0, 0.05) is 0 Å². The van der Waals surface area contributed by atoms with Gasteiger partial charge in [-0.3, -0.25) is 14.5 Å². The third-order valence-corrected chi connectivity index (χ3v) is 5.93. The SMILES string of the molecule is CC1(c2ccc3ccccc3c2)NC(=O)N(CC(=O)NC(C)(C#N)C2CC2)C1=O. The summed E-state index contributed by atoms with van der Waals surface area (Å²) in [5, 5.41) is 16.8. The molecule has 0 spiro atoms. The molecule has 1 aliphatic heterocycles. The predicted molar refractivity (Wildman–Crippen MR) is 106 cm³/mol. The van der Waals surface area contributed by atoms with Crippen molar-refractivity contribution in [1.82, 2.24) is 15.5 Å². The summed E-state index contributed by atoms with van der Waals surface area (Å²) in [6, 6.07) is 14.9. The van der Waals surface area contributed by atoms with E-state index in [1.807, 2.05) is 42.5 Å². The van der Waals surface area contributed by atoms with Crippen molar-refractivity contribution in [2.24, 2.45) is 5.92 Å². The molecule has 2 aromatic rings. The quantitative estimate of drug-likeness (QED) is 0.766. The Hall–Kier alpha value is -3.40. The molecular formula is C22H22N4O3. The molecule has 2 aromatic carbocycles. The van der Waals surface area contributed by atoms with Crippen LogP contribution in [0.1, 0.15) is 32.3 Å². The first-order valence-corrected chi connectivity index (χ1v) is 9.62. The van der Waals surface area contributed by atoms with E-state index in [9.17, 15) is 19.6 Å². The number of carbonyl (C=O) groups is 3. The van der Waals surface area contributed by atoms with Crippen molar-refractivity contribution in [3.8, 4) is 6.07 Å². The van der Waals surface area contributed by atoms with E-state index in [-0.39, 0.29) is 5.92 Å². The second-order valence-electron chi connectivity index (χ2n) is 8.14. The number of fused-ring (bicyclic) bond motifs is 1. The molecule has 1 saturated heterocycles. The molecule has 0 aromatic heterocycles. The summed E-state index contributed by atoms with van der Waals surface area (Å²) in [5.41, 5.74) is -1.58. The molecule has 1 heterocycles. The highest BCUT2D eigenvalue weighted by molar-refractivity contribution is 6.09. The topological polar surface area (TPSA) is 102 Å². The Morgan fingerprint density at radius 2 is 1.97 bits per heavy atom. The molecular weight excluding hydrogens is 368 g/mol. The second kappa shape index (κ2) is 6.59. The van der Waals surface area contributed by atoms with Crippen LogP contribution in [0.3, 0.4) is 0 Å². The molecule has 148 valence electrons. The van der Waals surface area contributed by atoms with Crippen molar-refractivity contribution in [2.75, 3.05) is 6.54 Å². The van der Waals surface area contributed by atoms with Gasteiger partial charge in [0.15, 0.2) is 0 Å². The third-order valence-electron chi connectivity index (χ3n) is 5.93. The Kier molecular flexibility index (Phi) is 4.30. The molecule has 2 unspecified atom stereocenters. The fourth-order valence-electron chi connectivity index (χ4n) is 3.89. The smallest absolute Gasteiger partial charge is 0.325 e. The van der Waals surface area contributed by atoms with Gasteiger partial charge in [0.25, 0.3) is 5.91 Å². The zero-order chi connectivity index (χ0) is 20.8. The van der Waals surface area contributed by atoms with E-state index < -0.39 is 35.5 Å². The lowest BCUT2D eigenvalue weighted by molar-refractivity contribution is -0.135. The van der Waals surface area contributed by atoms with Gasteiger partial charge in [-0.1, -0.05) is 36.4 Å². The van der Waals surface area contributed by atoms with Gasteiger partial charge in [0.1, 0.15) is 17.6 Å². The standard InChI is InChI=1S/C22H22N4O3/c1-21(13-23,16-9-10-16)24-18(27)12-26-19(28)22(2,25-20(26)29)17-8-7-14-5-3-4-6-15(14)11-17/h3-8,11,16H,9-10,12H2,1-2H3,(H,24,27)(H,25,29). The first kappa shape index (κ1) is 18.9. The summed E-state index contributed by atoms with van der Waals surface area (Å²) in [6.07, 6.45) is 1.76. The van der Waals surface area contributed by atoms with Crippen LogP contribution in [0.4, 0.5) is 4.79 Å². The maximum atomic E-state index is 13.1. The highest BCUT2D eigenvalue weighted by Crippen LogP contribution is 2.39. The van der Waals surface area contributed by atoms with Gasteiger partial charge in [0.2, 0.25) is 5.91 Å². The molecule has 2 fully saturated rings. The molecule has 2 N–H and O–H groups in total. The number of nitriles is 1. The zero-order valence-corrected chi connectivity index (χ0v) is 16.4. The van der Waals surface area contributed by atoms with Crippen LogP contribution in [0.25, 0.3) is 10.8 Å². The molecule has 7 heteroatoms. The number of imide groups is 1. The second-order valence-corrected chi connectivity index (χ2v) is 8.14. The Labute approximate surface area is 168 Å². The van der Waals surface area contributed by atoms with Crippen LogP contribution in [0.5, 0.6) is 0 Å². The fourth-order valence-corrected chi connectivity index (χ4v) is 3.89. The maximum Gasteiger partial charge on any atom is 0.325 e. The number of hydrogen-bond acceptors (Lipinski definition) is 4. The van der Waals surface area contributed by atoms with Gasteiger partial charge in [-0.05, 0) is 55.0 Å². The summed E-state index contributed by atoms with van der Waals surface area (Å²) in [4.78, 5) is 39.0. The van der Waals surface area contributed by atoms with Gasteiger partial charge in [-0.25, -0.2) is 4.79 Å². The van der Waals surface area contributed by atoms with Crippen LogP contribution in [-0.4, -0.2) is 34.8 Å². The highest BCUT2D eigenvalue weighted by Gasteiger charge is 2.50. The summed E-state index contributed by atoms with van der Waals surface area (Å²) in [7, 11) is 0. The minimum absolute atomic E-state index is 0.113. The Bertz CT molecular complexity index is 1070. The summed E-state index contributed by atoms with van der Waals surface area (Å²) >= 11 is 0. The highest BCUT2D eigenvalue weighted by atomic mass is 16.2. The number of hydrogen-bond donors (Lipinski definition) is 2. The average molecular weight is 390 g/mol. The van der Waals surface area contributed by atoms with Gasteiger partial charge in [-0.2, -0.15) is 5.26 Å². The lowest BCUT2D eigenvalue weighted by Gasteiger charge is -2.25. The van der Waals surface area contributed by atoms with Crippen LogP contribution >= 0.6 is 0 Å². The minimum atomic E-state index is -1.25. The van der Waals surface area contributed by atoms with E-state index >= 15 is 0 Å². The molecule has 1 aliphatic carbocycles. The molecule has 1 saturated carbocycles. The maximum absolute atomic E-state index is 13.1. The molecule has 29 heavy (non-hydrogen) atoms. The van der Waals surface area contributed by atoms with Crippen molar-refractivity contribution in [2.45, 2.75) is 37.8 Å². The Morgan fingerprint density at radius 3 is 2.62 bits per heavy atom. The summed E-state index contributed by atoms with van der Waals surface area (Å²) in [5.74, 6) is -0.896. The van der Waals surface area contributed by atoms with Crippen molar-refractivity contribution in [3.63, 3.8) is 0 Å². The van der Waals surface area contributed by atoms with Crippen LogP contribution in [0, 0.1) is 17.2 Å². The summed E-state index contributed by atoms with van der Waals surface area (Å²) < 4.78 is 0. The third kappa shape index (κ3) is 3.21. The predicted octanol–water partition coefficient (Wildman–Crippen LogP) is 2.42. The number of rotatable bonds is 5. The lowest BCUT2D eigenvalue weighted by Crippen LogP contribution is -2.51. The number of benzene rings is 2. The van der Waals surface area contributed by atoms with Crippen molar-refractivity contribution in [1.29, 1.82) is 5.26 Å². The number of urea groups is 1. The van der Waals surface area contributed by atoms with Gasteiger partial charge < -0.3 is 10.6 Å². The average Bonchev–Trinajstić information content (AvgIpc) is 3.54. The summed E-state index contributed by atoms with van der Waals surface area (Å²) in [6.45, 7) is 2.89. The molecule has 4 amide bonds. The number of amides is 4. The van der Waals surface area contributed by atoms with Crippen LogP contribution in [-0.2, 0) is 15.1 Å². The lowest BCUT2D eigenvalue weighted by atomic mass is 9.90. The number of nitrogens with zero attached hydrogens (tertiary/aromatic N) is 2. The number of carbonyl (C=O) groups excluding carboxylic acids is 3. The van der Waals surface area contributed by atoms with E-state index in [1.54, 1.807) is 13.8 Å². The molecule has 0 radical (unpaired) electrons. The van der Waals surface area contributed by atoms with E-state index in [0.29, 0.717) is 5.56 Å². The Balaban J connectivity index is 1.54. The van der Waals surface area contributed by atoms with Gasteiger partial charge in [0.05, 0.1) is 6.07 Å². The molecule has 0 bridgehead atoms. The Morgan fingerprint density at radius 1 is 1.28 bits per heavy atom. The van der Waals surface area contributed by atoms with E-state index in [4.69, 9.17) is 0 Å². The van der Waals surface area contributed by atoms with Crippen molar-refractivity contribution in [3.05, 3.63) is 48.0 Å². The van der Waals surface area contributed by atoms with E-state index in [1.165, 1.54) is 0 Å². The molecule has 4 rings (SSSR count). The first-order chi connectivity index (χ1) is 13.8. The largest absolute Gasteiger partial charge is 0.336 e. The van der Waals surface area contributed by atoms with E-state index in [2.05, 4.69) is 16.7 Å². The van der Waals surface area contributed by atoms with Crippen LogP contribution in [0.15, 0.2) is 42.5 Å². The monoisotopic (exact) mass is 390 g/mol. The van der Waals surface area contributed by atoms with Crippen molar-refractivity contribution >= 4 is 28.6 Å². The first-order valence-electron chi connectivity index (χ1n) is 9.62. The molecule has 7 nitrogen and oxygen atoms in total. The van der Waals surface area contributed by atoms with Crippen LogP contribution < -0.4 is 10.6 Å². The normalized spacial score (nSPS) is 23.4. The molecule has 2 aliphatic rings. The molecule has 2 atom stereocenters. The van der Waals surface area contributed by atoms with Crippen molar-refractivity contribution < 1.29 is 14.4 Å². The zero-order valence-electron chi connectivity index (χ0n) is 16.4. The van der Waals surface area contributed by atoms with Gasteiger partial charge in [-0.15, -0.1) is 0 Å². The van der Waals surface area contributed by atoms with Crippen LogP contribution in [0.2, 0.25) is 0 Å². The minimum Gasteiger partial charge on any atom is -0.336 e. The fraction of sp³-hybridized carbons (Fsp3) is 0.364. The number of nitrogens with one attached hydrogen (secondary N) is 2. The van der Waals surface area contributed by atoms with E-state index in [0.717, 1.165) is 28.5 Å².